The average molecular weight is 486 g/mol. The maximum absolute atomic E-state index is 13.6. The van der Waals surface area contributed by atoms with Crippen molar-refractivity contribution in [2.75, 3.05) is 39.3 Å². The van der Waals surface area contributed by atoms with Gasteiger partial charge in [-0.1, -0.05) is 12.5 Å². The molecule has 1 unspecified atom stereocenters. The number of halogens is 1. The summed E-state index contributed by atoms with van der Waals surface area (Å²) in [6.45, 7) is 6.90. The number of primary amides is 1. The van der Waals surface area contributed by atoms with Crippen molar-refractivity contribution >= 4 is 23.2 Å². The number of hydrogen-bond acceptors (Lipinski definition) is 5. The molecule has 1 aromatic rings. The fourth-order valence-electron chi connectivity index (χ4n) is 5.44. The van der Waals surface area contributed by atoms with Crippen LogP contribution in [-0.2, 0) is 19.9 Å². The Morgan fingerprint density at radius 2 is 1.97 bits per heavy atom. The lowest BCUT2D eigenvalue weighted by Crippen LogP contribution is -3.00. The van der Waals surface area contributed by atoms with Gasteiger partial charge in [-0.25, -0.2) is 4.79 Å². The monoisotopic (exact) mass is 485 g/mol. The van der Waals surface area contributed by atoms with Crippen molar-refractivity contribution in [3.63, 3.8) is 0 Å². The van der Waals surface area contributed by atoms with Gasteiger partial charge in [0.05, 0.1) is 13.1 Å². The third-order valence-corrected chi connectivity index (χ3v) is 8.26. The molecule has 1 aromatic heterocycles. The molecule has 0 aromatic carbocycles. The van der Waals surface area contributed by atoms with Crippen LogP contribution in [0.4, 0.5) is 0 Å². The predicted octanol–water partition coefficient (Wildman–Crippen LogP) is -0.909. The van der Waals surface area contributed by atoms with E-state index in [2.05, 4.69) is 11.0 Å². The number of likely N-dealkylation sites (tertiary alicyclic amines) is 1. The Kier molecular flexibility index (Phi) is 7.08. The highest BCUT2D eigenvalue weighted by Crippen LogP contribution is 2.39. The second kappa shape index (κ2) is 9.04. The van der Waals surface area contributed by atoms with E-state index in [1.807, 2.05) is 18.4 Å². The number of fused-ring (bicyclic) bond motifs is 3. The lowest BCUT2D eigenvalue weighted by molar-refractivity contribution is -0.939. The first kappa shape index (κ1) is 22.7. The lowest BCUT2D eigenvalue weighted by Gasteiger charge is -2.52. The zero-order valence-corrected chi connectivity index (χ0v) is 19.6. The lowest BCUT2D eigenvalue weighted by atomic mass is 9.83. The van der Waals surface area contributed by atoms with Gasteiger partial charge in [-0.15, -0.1) is 11.3 Å². The molecule has 1 amide bonds. The molecule has 2 bridgehead atoms. The molecule has 2 atom stereocenters. The summed E-state index contributed by atoms with van der Waals surface area (Å²) in [7, 11) is 0. The van der Waals surface area contributed by atoms with Gasteiger partial charge in [0.1, 0.15) is 6.54 Å². The Morgan fingerprint density at radius 1 is 1.28 bits per heavy atom. The Morgan fingerprint density at radius 3 is 2.55 bits per heavy atom. The first-order valence-electron chi connectivity index (χ1n) is 10.6. The van der Waals surface area contributed by atoms with E-state index in [0.29, 0.717) is 16.9 Å². The predicted molar refractivity (Wildman–Crippen MR) is 109 cm³/mol. The SMILES string of the molecule is CC(C(=O)O[C@H]1C[N+]2(CC(N)=O)CCC1CC2)(c1cccs1)N1CCCCC1.[Br-]. The molecular weight excluding hydrogens is 454 g/mol. The zero-order valence-electron chi connectivity index (χ0n) is 17.1. The van der Waals surface area contributed by atoms with Crippen LogP contribution in [0, 0.1) is 5.92 Å². The van der Waals surface area contributed by atoms with Crippen LogP contribution in [0.2, 0.25) is 0 Å². The molecule has 5 rings (SSSR count). The highest BCUT2D eigenvalue weighted by atomic mass is 79.9. The molecule has 0 saturated carbocycles. The minimum Gasteiger partial charge on any atom is -1.00 e. The number of nitrogens with zero attached hydrogens (tertiary/aromatic N) is 2. The number of carbonyl (C=O) groups excluding carboxylic acids is 2. The zero-order chi connectivity index (χ0) is 19.8. The Bertz CT molecular complexity index is 715. The summed E-state index contributed by atoms with van der Waals surface area (Å²) in [6.07, 6.45) is 5.37. The fourth-order valence-corrected chi connectivity index (χ4v) is 6.34. The highest BCUT2D eigenvalue weighted by Gasteiger charge is 2.51. The van der Waals surface area contributed by atoms with Crippen molar-refractivity contribution in [1.29, 1.82) is 0 Å². The van der Waals surface area contributed by atoms with Gasteiger partial charge < -0.3 is 31.9 Å². The van der Waals surface area contributed by atoms with Crippen molar-refractivity contribution in [1.82, 2.24) is 4.90 Å². The van der Waals surface area contributed by atoms with E-state index in [0.717, 1.165) is 63.3 Å². The van der Waals surface area contributed by atoms with Crippen LogP contribution in [0.1, 0.15) is 43.9 Å². The maximum atomic E-state index is 13.6. The van der Waals surface area contributed by atoms with Gasteiger partial charge in [-0.3, -0.25) is 9.69 Å². The van der Waals surface area contributed by atoms with E-state index in [4.69, 9.17) is 10.5 Å². The van der Waals surface area contributed by atoms with Crippen molar-refractivity contribution in [3.8, 4) is 0 Å². The van der Waals surface area contributed by atoms with Crippen LogP contribution in [0.3, 0.4) is 0 Å². The largest absolute Gasteiger partial charge is 1.00 e. The maximum Gasteiger partial charge on any atom is 0.332 e. The number of nitrogens with two attached hydrogens (primary N) is 1. The van der Waals surface area contributed by atoms with Crippen LogP contribution in [0.15, 0.2) is 17.5 Å². The van der Waals surface area contributed by atoms with E-state index in [1.165, 1.54) is 6.42 Å². The molecule has 4 aliphatic heterocycles. The van der Waals surface area contributed by atoms with E-state index < -0.39 is 5.54 Å². The van der Waals surface area contributed by atoms with E-state index in [-0.39, 0.29) is 35.0 Å². The van der Waals surface area contributed by atoms with Crippen molar-refractivity contribution in [3.05, 3.63) is 22.4 Å². The first-order chi connectivity index (χ1) is 13.4. The number of amides is 1. The van der Waals surface area contributed by atoms with Gasteiger partial charge in [0.15, 0.2) is 18.2 Å². The van der Waals surface area contributed by atoms with Gasteiger partial charge in [0, 0.05) is 23.6 Å². The average Bonchev–Trinajstić information content (AvgIpc) is 3.23. The smallest absolute Gasteiger partial charge is 0.332 e. The molecule has 4 saturated heterocycles. The molecule has 0 radical (unpaired) electrons. The van der Waals surface area contributed by atoms with E-state index >= 15 is 0 Å². The molecule has 4 fully saturated rings. The molecule has 5 heterocycles. The van der Waals surface area contributed by atoms with E-state index in [1.54, 1.807) is 11.3 Å². The van der Waals surface area contributed by atoms with Gasteiger partial charge >= 0.3 is 5.97 Å². The number of ether oxygens (including phenoxy) is 1. The molecule has 0 aliphatic carbocycles. The normalized spacial score (nSPS) is 31.5. The topological polar surface area (TPSA) is 72.6 Å². The molecule has 162 valence electrons. The third kappa shape index (κ3) is 4.40. The van der Waals surface area contributed by atoms with Crippen molar-refractivity contribution < 1.29 is 35.8 Å². The summed E-state index contributed by atoms with van der Waals surface area (Å²) in [5, 5.41) is 2.03. The number of esters is 1. The van der Waals surface area contributed by atoms with Gasteiger partial charge in [-0.05, 0) is 44.3 Å². The molecule has 4 aliphatic rings. The Hall–Kier alpha value is -0.960. The Labute approximate surface area is 187 Å². The van der Waals surface area contributed by atoms with Crippen LogP contribution < -0.4 is 22.7 Å². The minimum absolute atomic E-state index is 0. The second-order valence-electron chi connectivity index (χ2n) is 8.97. The van der Waals surface area contributed by atoms with Gasteiger partial charge in [0.2, 0.25) is 0 Å². The van der Waals surface area contributed by atoms with E-state index in [9.17, 15) is 9.59 Å². The second-order valence-corrected chi connectivity index (χ2v) is 9.92. The molecular formula is C21H32BrN3O3S. The fraction of sp³-hybridized carbons (Fsp3) is 0.714. The quantitative estimate of drug-likeness (QED) is 0.418. The molecule has 2 N–H and O–H groups in total. The number of rotatable bonds is 6. The highest BCUT2D eigenvalue weighted by molar-refractivity contribution is 7.10. The molecule has 0 spiro atoms. The number of piperidine rings is 4. The van der Waals surface area contributed by atoms with Crippen LogP contribution >= 0.6 is 11.3 Å². The van der Waals surface area contributed by atoms with Crippen LogP contribution in [0.25, 0.3) is 0 Å². The van der Waals surface area contributed by atoms with Crippen LogP contribution in [0.5, 0.6) is 0 Å². The molecule has 8 heteroatoms. The summed E-state index contributed by atoms with van der Waals surface area (Å²) in [5.41, 5.74) is 4.78. The Balaban J connectivity index is 0.00000240. The van der Waals surface area contributed by atoms with Gasteiger partial charge in [0.25, 0.3) is 5.91 Å². The number of carbonyl (C=O) groups is 2. The van der Waals surface area contributed by atoms with Crippen molar-refractivity contribution in [2.45, 2.75) is 50.7 Å². The number of hydrogen-bond donors (Lipinski definition) is 1. The molecule has 29 heavy (non-hydrogen) atoms. The number of quaternary nitrogens is 1. The van der Waals surface area contributed by atoms with Gasteiger partial charge in [-0.2, -0.15) is 0 Å². The summed E-state index contributed by atoms with van der Waals surface area (Å²) < 4.78 is 6.92. The summed E-state index contributed by atoms with van der Waals surface area (Å²) in [5.74, 6) is 0.0146. The number of thiophene rings is 1. The summed E-state index contributed by atoms with van der Waals surface area (Å²) in [6, 6.07) is 4.06. The minimum atomic E-state index is -0.727. The third-order valence-electron chi connectivity index (χ3n) is 7.18. The van der Waals surface area contributed by atoms with Crippen molar-refractivity contribution in [2.24, 2.45) is 11.7 Å². The standard InChI is InChI=1S/C21H31N3O3S.BrH/c1-21(18-6-5-13-28-18,23-9-3-2-4-10-23)20(26)27-17-14-24(15-19(22)25)11-7-16(17)8-12-24;/h5-6,13,16-17H,2-4,7-12,14-15H2,1H3,(H-,22,25);1H/t16?,17-,21?,24?;/m0./s1. The molecule has 6 nitrogen and oxygen atoms in total. The first-order valence-corrected chi connectivity index (χ1v) is 11.4. The summed E-state index contributed by atoms with van der Waals surface area (Å²) in [4.78, 5) is 28.5. The summed E-state index contributed by atoms with van der Waals surface area (Å²) >= 11 is 1.63. The van der Waals surface area contributed by atoms with Crippen LogP contribution in [-0.4, -0.2) is 66.6 Å².